The summed E-state index contributed by atoms with van der Waals surface area (Å²) in [7, 11) is 3.19. The predicted molar refractivity (Wildman–Crippen MR) is 108 cm³/mol. The largest absolute Gasteiger partial charge is 0.497 e. The number of hydrogen-bond donors (Lipinski definition) is 1. The number of carbonyl (C=O) groups is 1. The van der Waals surface area contributed by atoms with E-state index < -0.39 is 6.10 Å². The highest BCUT2D eigenvalue weighted by atomic mass is 16.5. The van der Waals surface area contributed by atoms with Gasteiger partial charge in [-0.15, -0.1) is 0 Å². The van der Waals surface area contributed by atoms with Crippen molar-refractivity contribution < 1.29 is 23.7 Å². The van der Waals surface area contributed by atoms with Gasteiger partial charge in [-0.3, -0.25) is 4.79 Å². The second kappa shape index (κ2) is 10.4. The Labute approximate surface area is 166 Å². The van der Waals surface area contributed by atoms with Crippen LogP contribution in [0.1, 0.15) is 32.8 Å². The van der Waals surface area contributed by atoms with E-state index in [2.05, 4.69) is 5.32 Å². The summed E-state index contributed by atoms with van der Waals surface area (Å²) in [5, 5.41) is 2.92. The molecule has 1 atom stereocenters. The van der Waals surface area contributed by atoms with Crippen LogP contribution in [0.15, 0.2) is 42.5 Å². The van der Waals surface area contributed by atoms with Crippen molar-refractivity contribution in [2.24, 2.45) is 0 Å². The molecule has 0 spiro atoms. The Hall–Kier alpha value is -2.89. The summed E-state index contributed by atoms with van der Waals surface area (Å²) in [6.07, 6.45) is 0.0177. The Balaban J connectivity index is 1.99. The second-order valence-corrected chi connectivity index (χ2v) is 6.56. The van der Waals surface area contributed by atoms with Crippen LogP contribution in [0.4, 0.5) is 0 Å². The molecule has 28 heavy (non-hydrogen) atoms. The van der Waals surface area contributed by atoms with Crippen molar-refractivity contribution in [3.63, 3.8) is 0 Å². The summed E-state index contributed by atoms with van der Waals surface area (Å²) in [4.78, 5) is 12.6. The third kappa shape index (κ3) is 6.08. The fraction of sp³-hybridized carbons (Fsp3) is 0.409. The SMILES string of the molecule is CC[C@H](Oc1cccc(OC)c1)C(=O)NCc1ccc(OC(C)C)c(OC)c1. The summed E-state index contributed by atoms with van der Waals surface area (Å²) in [6, 6.07) is 12.8. The molecule has 0 aliphatic heterocycles. The zero-order valence-corrected chi connectivity index (χ0v) is 17.2. The third-order valence-electron chi connectivity index (χ3n) is 4.04. The molecule has 2 rings (SSSR count). The maximum atomic E-state index is 12.6. The number of amides is 1. The molecule has 1 amide bonds. The summed E-state index contributed by atoms with van der Waals surface area (Å²) >= 11 is 0. The molecule has 0 heterocycles. The number of ether oxygens (including phenoxy) is 4. The molecule has 0 unspecified atom stereocenters. The predicted octanol–water partition coefficient (Wildman–Crippen LogP) is 3.96. The maximum absolute atomic E-state index is 12.6. The second-order valence-electron chi connectivity index (χ2n) is 6.56. The van der Waals surface area contributed by atoms with Gasteiger partial charge in [-0.05, 0) is 50.1 Å². The molecule has 0 saturated carbocycles. The van der Waals surface area contributed by atoms with Crippen LogP contribution in [-0.2, 0) is 11.3 Å². The van der Waals surface area contributed by atoms with Crippen molar-refractivity contribution in [3.05, 3.63) is 48.0 Å². The molecule has 0 saturated heterocycles. The summed E-state index contributed by atoms with van der Waals surface area (Å²) < 4.78 is 22.1. The molecular formula is C22H29NO5. The van der Waals surface area contributed by atoms with Crippen LogP contribution in [0.2, 0.25) is 0 Å². The van der Waals surface area contributed by atoms with Crippen molar-refractivity contribution in [1.29, 1.82) is 0 Å². The molecule has 152 valence electrons. The van der Waals surface area contributed by atoms with Gasteiger partial charge in [0.2, 0.25) is 0 Å². The highest BCUT2D eigenvalue weighted by molar-refractivity contribution is 5.81. The minimum absolute atomic E-state index is 0.0542. The van der Waals surface area contributed by atoms with Crippen molar-refractivity contribution >= 4 is 5.91 Å². The van der Waals surface area contributed by atoms with Gasteiger partial charge in [0.15, 0.2) is 17.6 Å². The molecular weight excluding hydrogens is 358 g/mol. The van der Waals surface area contributed by atoms with Gasteiger partial charge in [-0.1, -0.05) is 19.1 Å². The van der Waals surface area contributed by atoms with Gasteiger partial charge >= 0.3 is 0 Å². The standard InChI is InChI=1S/C22H29NO5/c1-6-19(28-18-9-7-8-17(13-18)25-4)22(24)23-14-16-10-11-20(27-15(2)3)21(12-16)26-5/h7-13,15,19H,6,14H2,1-5H3,(H,23,24)/t19-/m0/s1. The molecule has 6 heteroatoms. The molecule has 0 bridgehead atoms. The van der Waals surface area contributed by atoms with E-state index in [-0.39, 0.29) is 12.0 Å². The molecule has 2 aromatic rings. The molecule has 2 aromatic carbocycles. The third-order valence-corrected chi connectivity index (χ3v) is 4.04. The van der Waals surface area contributed by atoms with Crippen LogP contribution in [0.5, 0.6) is 23.0 Å². The summed E-state index contributed by atoms with van der Waals surface area (Å²) in [5.41, 5.74) is 0.914. The molecule has 6 nitrogen and oxygen atoms in total. The number of rotatable bonds is 10. The van der Waals surface area contributed by atoms with Gasteiger partial charge < -0.3 is 24.3 Å². The monoisotopic (exact) mass is 387 g/mol. The summed E-state index contributed by atoms with van der Waals surface area (Å²) in [5.74, 6) is 2.43. The smallest absolute Gasteiger partial charge is 0.261 e. The first kappa shape index (κ1) is 21.4. The van der Waals surface area contributed by atoms with E-state index in [0.29, 0.717) is 36.0 Å². The highest BCUT2D eigenvalue weighted by Gasteiger charge is 2.18. The van der Waals surface area contributed by atoms with E-state index >= 15 is 0 Å². The molecule has 0 fully saturated rings. The zero-order valence-electron chi connectivity index (χ0n) is 17.2. The van der Waals surface area contributed by atoms with E-state index in [1.165, 1.54) is 0 Å². The van der Waals surface area contributed by atoms with Crippen LogP contribution in [0.25, 0.3) is 0 Å². The van der Waals surface area contributed by atoms with Crippen molar-refractivity contribution in [2.45, 2.75) is 45.9 Å². The first-order valence-corrected chi connectivity index (χ1v) is 9.38. The van der Waals surface area contributed by atoms with E-state index in [1.54, 1.807) is 26.4 Å². The Bertz CT molecular complexity index is 775. The first-order chi connectivity index (χ1) is 13.5. The lowest BCUT2D eigenvalue weighted by atomic mass is 10.2. The molecule has 0 radical (unpaired) electrons. The quantitative estimate of drug-likeness (QED) is 0.668. The minimum atomic E-state index is -0.586. The van der Waals surface area contributed by atoms with E-state index in [4.69, 9.17) is 18.9 Å². The van der Waals surface area contributed by atoms with Crippen LogP contribution in [-0.4, -0.2) is 32.3 Å². The number of methoxy groups -OCH3 is 2. The normalized spacial score (nSPS) is 11.6. The lowest BCUT2D eigenvalue weighted by Gasteiger charge is -2.18. The Morgan fingerprint density at radius 1 is 0.964 bits per heavy atom. The van der Waals surface area contributed by atoms with Crippen molar-refractivity contribution in [1.82, 2.24) is 5.32 Å². The Morgan fingerprint density at radius 2 is 1.71 bits per heavy atom. The fourth-order valence-corrected chi connectivity index (χ4v) is 2.64. The van der Waals surface area contributed by atoms with Crippen LogP contribution in [0, 0.1) is 0 Å². The molecule has 1 N–H and O–H groups in total. The lowest BCUT2D eigenvalue weighted by Crippen LogP contribution is -2.37. The maximum Gasteiger partial charge on any atom is 0.261 e. The van der Waals surface area contributed by atoms with Gasteiger partial charge in [-0.2, -0.15) is 0 Å². The van der Waals surface area contributed by atoms with Crippen LogP contribution >= 0.6 is 0 Å². The van der Waals surface area contributed by atoms with Crippen molar-refractivity contribution in [2.75, 3.05) is 14.2 Å². The topological polar surface area (TPSA) is 66.0 Å². The van der Waals surface area contributed by atoms with Gasteiger partial charge in [0, 0.05) is 12.6 Å². The van der Waals surface area contributed by atoms with Gasteiger partial charge in [0.25, 0.3) is 5.91 Å². The first-order valence-electron chi connectivity index (χ1n) is 9.38. The molecule has 0 aromatic heterocycles. The number of benzene rings is 2. The Morgan fingerprint density at radius 3 is 2.36 bits per heavy atom. The van der Waals surface area contributed by atoms with Gasteiger partial charge in [-0.25, -0.2) is 0 Å². The lowest BCUT2D eigenvalue weighted by molar-refractivity contribution is -0.128. The number of nitrogens with one attached hydrogen (secondary N) is 1. The van der Waals surface area contributed by atoms with E-state index in [1.807, 2.05) is 51.1 Å². The highest BCUT2D eigenvalue weighted by Crippen LogP contribution is 2.29. The van der Waals surface area contributed by atoms with Crippen LogP contribution in [0.3, 0.4) is 0 Å². The zero-order chi connectivity index (χ0) is 20.5. The van der Waals surface area contributed by atoms with Gasteiger partial charge in [0.05, 0.1) is 20.3 Å². The number of carbonyl (C=O) groups excluding carboxylic acids is 1. The van der Waals surface area contributed by atoms with E-state index in [9.17, 15) is 4.79 Å². The van der Waals surface area contributed by atoms with Crippen molar-refractivity contribution in [3.8, 4) is 23.0 Å². The number of hydrogen-bond acceptors (Lipinski definition) is 5. The fourth-order valence-electron chi connectivity index (χ4n) is 2.64. The molecule has 0 aliphatic rings. The Kier molecular flexibility index (Phi) is 7.99. The van der Waals surface area contributed by atoms with Gasteiger partial charge in [0.1, 0.15) is 11.5 Å². The average molecular weight is 387 g/mol. The summed E-state index contributed by atoms with van der Waals surface area (Å²) in [6.45, 7) is 6.20. The van der Waals surface area contributed by atoms with Crippen LogP contribution < -0.4 is 24.3 Å². The van der Waals surface area contributed by atoms with E-state index in [0.717, 1.165) is 5.56 Å². The average Bonchev–Trinajstić information content (AvgIpc) is 2.70. The minimum Gasteiger partial charge on any atom is -0.497 e. The molecule has 0 aliphatic carbocycles.